The lowest BCUT2D eigenvalue weighted by Crippen LogP contribution is -2.44. The van der Waals surface area contributed by atoms with Gasteiger partial charge in [-0.05, 0) is 66.8 Å². The summed E-state index contributed by atoms with van der Waals surface area (Å²) in [6.45, 7) is 2.97. The third-order valence-electron chi connectivity index (χ3n) is 7.28. The highest BCUT2D eigenvalue weighted by molar-refractivity contribution is 6.11. The van der Waals surface area contributed by atoms with Crippen molar-refractivity contribution in [3.8, 4) is 5.75 Å². The zero-order valence-corrected chi connectivity index (χ0v) is 21.1. The Labute approximate surface area is 217 Å². The van der Waals surface area contributed by atoms with Crippen LogP contribution in [-0.2, 0) is 11.3 Å². The van der Waals surface area contributed by atoms with Crippen molar-refractivity contribution in [1.82, 2.24) is 10.2 Å². The van der Waals surface area contributed by atoms with Gasteiger partial charge in [0.25, 0.3) is 11.8 Å². The molecular formula is C30H31N3O4. The van der Waals surface area contributed by atoms with E-state index in [1.54, 1.807) is 35.1 Å². The Hall–Kier alpha value is -4.13. The Morgan fingerprint density at radius 3 is 2.46 bits per heavy atom. The van der Waals surface area contributed by atoms with Crippen LogP contribution in [0, 0.1) is 0 Å². The average Bonchev–Trinajstić information content (AvgIpc) is 3.42. The van der Waals surface area contributed by atoms with Crippen LogP contribution in [-0.4, -0.2) is 42.3 Å². The number of anilines is 1. The second-order valence-electron chi connectivity index (χ2n) is 9.50. The summed E-state index contributed by atoms with van der Waals surface area (Å²) in [6.07, 6.45) is 2.27. The number of hydrogen-bond acceptors (Lipinski definition) is 4. The van der Waals surface area contributed by atoms with Crippen molar-refractivity contribution in [3.63, 3.8) is 0 Å². The molecule has 5 rings (SSSR count). The molecule has 1 N–H and O–H groups in total. The quantitative estimate of drug-likeness (QED) is 0.512. The van der Waals surface area contributed by atoms with Gasteiger partial charge in [-0.1, -0.05) is 43.3 Å². The zero-order valence-electron chi connectivity index (χ0n) is 21.1. The molecule has 190 valence electrons. The predicted octanol–water partition coefficient (Wildman–Crippen LogP) is 4.73. The molecule has 2 aliphatic rings. The molecule has 0 radical (unpaired) electrons. The standard InChI is InChI=1S/C30H31N3O4/c1-3-25(21-14-16-23(37-2)17-15-21)31-28(34)22-12-10-20(11-13-22)19-33-26-8-5-4-7-24(26)29(35)32-18-6-9-27(32)30(33)36/h4-5,7-8,10-17,25,27H,3,6,9,18-19H2,1-2H3,(H,31,34). The number of ether oxygens (including phenoxy) is 1. The molecule has 7 nitrogen and oxygen atoms in total. The van der Waals surface area contributed by atoms with Crippen LogP contribution in [0.25, 0.3) is 0 Å². The van der Waals surface area contributed by atoms with Crippen LogP contribution in [0.3, 0.4) is 0 Å². The van der Waals surface area contributed by atoms with Gasteiger partial charge in [0.1, 0.15) is 11.8 Å². The highest BCUT2D eigenvalue weighted by atomic mass is 16.5. The van der Waals surface area contributed by atoms with E-state index in [0.717, 1.165) is 29.7 Å². The van der Waals surface area contributed by atoms with Gasteiger partial charge in [0.2, 0.25) is 5.91 Å². The molecule has 3 aromatic rings. The summed E-state index contributed by atoms with van der Waals surface area (Å²) in [5, 5.41) is 3.11. The molecule has 3 amide bonds. The minimum Gasteiger partial charge on any atom is -0.497 e. The first-order chi connectivity index (χ1) is 18.0. The van der Waals surface area contributed by atoms with E-state index >= 15 is 0 Å². The van der Waals surface area contributed by atoms with E-state index in [-0.39, 0.29) is 23.8 Å². The van der Waals surface area contributed by atoms with Crippen molar-refractivity contribution in [1.29, 1.82) is 0 Å². The maximum Gasteiger partial charge on any atom is 0.256 e. The molecule has 1 saturated heterocycles. The number of rotatable bonds is 7. The molecule has 2 unspecified atom stereocenters. The molecule has 7 heteroatoms. The Kier molecular flexibility index (Phi) is 6.95. The molecule has 0 aliphatic carbocycles. The molecular weight excluding hydrogens is 466 g/mol. The molecule has 0 saturated carbocycles. The summed E-state index contributed by atoms with van der Waals surface area (Å²) in [7, 11) is 1.63. The van der Waals surface area contributed by atoms with Crippen LogP contribution in [0.4, 0.5) is 5.69 Å². The predicted molar refractivity (Wildman–Crippen MR) is 142 cm³/mol. The number of nitrogens with zero attached hydrogens (tertiary/aromatic N) is 2. The molecule has 0 bridgehead atoms. The van der Waals surface area contributed by atoms with Crippen molar-refractivity contribution in [3.05, 3.63) is 95.1 Å². The first kappa shape index (κ1) is 24.6. The van der Waals surface area contributed by atoms with E-state index in [9.17, 15) is 14.4 Å². The van der Waals surface area contributed by atoms with E-state index in [1.807, 2.05) is 61.5 Å². The number of carbonyl (C=O) groups is 3. The van der Waals surface area contributed by atoms with Crippen LogP contribution >= 0.6 is 0 Å². The second-order valence-corrected chi connectivity index (χ2v) is 9.50. The van der Waals surface area contributed by atoms with Gasteiger partial charge in [0.05, 0.1) is 30.9 Å². The average molecular weight is 498 g/mol. The number of carbonyl (C=O) groups excluding carboxylic acids is 3. The van der Waals surface area contributed by atoms with Gasteiger partial charge in [0.15, 0.2) is 0 Å². The smallest absolute Gasteiger partial charge is 0.256 e. The highest BCUT2D eigenvalue weighted by Crippen LogP contribution is 2.33. The number of para-hydroxylation sites is 1. The topological polar surface area (TPSA) is 79.0 Å². The van der Waals surface area contributed by atoms with Crippen LogP contribution in [0.2, 0.25) is 0 Å². The summed E-state index contributed by atoms with van der Waals surface area (Å²) in [5.41, 5.74) is 3.65. The lowest BCUT2D eigenvalue weighted by molar-refractivity contribution is -0.122. The van der Waals surface area contributed by atoms with Crippen molar-refractivity contribution >= 4 is 23.4 Å². The molecule has 3 aromatic carbocycles. The summed E-state index contributed by atoms with van der Waals surface area (Å²) < 4.78 is 5.23. The number of hydrogen-bond donors (Lipinski definition) is 1. The third kappa shape index (κ3) is 4.81. The first-order valence-electron chi connectivity index (χ1n) is 12.7. The third-order valence-corrected chi connectivity index (χ3v) is 7.28. The second kappa shape index (κ2) is 10.5. The molecule has 0 spiro atoms. The van der Waals surface area contributed by atoms with Gasteiger partial charge in [-0.3, -0.25) is 14.4 Å². The fraction of sp³-hybridized carbons (Fsp3) is 0.300. The first-order valence-corrected chi connectivity index (χ1v) is 12.7. The van der Waals surface area contributed by atoms with Crippen molar-refractivity contribution in [2.45, 2.75) is 44.8 Å². The molecule has 2 atom stereocenters. The van der Waals surface area contributed by atoms with Gasteiger partial charge in [0, 0.05) is 12.1 Å². The Morgan fingerprint density at radius 2 is 1.76 bits per heavy atom. The van der Waals surface area contributed by atoms with E-state index in [2.05, 4.69) is 5.32 Å². The van der Waals surface area contributed by atoms with Crippen LogP contribution in [0.5, 0.6) is 5.75 Å². The largest absolute Gasteiger partial charge is 0.497 e. The summed E-state index contributed by atoms with van der Waals surface area (Å²) in [6, 6.07) is 21.8. The normalized spacial score (nSPS) is 17.6. The Balaban J connectivity index is 1.33. The highest BCUT2D eigenvalue weighted by Gasteiger charge is 2.41. The van der Waals surface area contributed by atoms with Crippen molar-refractivity contribution in [2.24, 2.45) is 0 Å². The van der Waals surface area contributed by atoms with Gasteiger partial charge in [-0.2, -0.15) is 0 Å². The minimum absolute atomic E-state index is 0.0529. The van der Waals surface area contributed by atoms with Crippen LogP contribution in [0.15, 0.2) is 72.8 Å². The fourth-order valence-electron chi connectivity index (χ4n) is 5.22. The van der Waals surface area contributed by atoms with E-state index in [0.29, 0.717) is 36.3 Å². The van der Waals surface area contributed by atoms with E-state index in [1.165, 1.54) is 0 Å². The number of methoxy groups -OCH3 is 1. The van der Waals surface area contributed by atoms with E-state index in [4.69, 9.17) is 4.74 Å². The summed E-state index contributed by atoms with van der Waals surface area (Å²) >= 11 is 0. The SMILES string of the molecule is CCC(NC(=O)c1ccc(CN2C(=O)C3CCCN3C(=O)c3ccccc32)cc1)c1ccc(OC)cc1. The maximum atomic E-state index is 13.5. The number of fused-ring (bicyclic) bond motifs is 2. The Morgan fingerprint density at radius 1 is 1.03 bits per heavy atom. The molecule has 0 aromatic heterocycles. The van der Waals surface area contributed by atoms with Gasteiger partial charge >= 0.3 is 0 Å². The van der Waals surface area contributed by atoms with Crippen LogP contribution < -0.4 is 15.0 Å². The summed E-state index contributed by atoms with van der Waals surface area (Å²) in [4.78, 5) is 43.0. The van der Waals surface area contributed by atoms with Gasteiger partial charge in [-0.25, -0.2) is 0 Å². The molecule has 2 heterocycles. The Bertz CT molecular complexity index is 1300. The van der Waals surface area contributed by atoms with Crippen LogP contribution in [0.1, 0.15) is 64.1 Å². The van der Waals surface area contributed by atoms with Crippen molar-refractivity contribution < 1.29 is 19.1 Å². The van der Waals surface area contributed by atoms with E-state index < -0.39 is 6.04 Å². The monoisotopic (exact) mass is 497 g/mol. The zero-order chi connectivity index (χ0) is 25.9. The van der Waals surface area contributed by atoms with Gasteiger partial charge < -0.3 is 19.9 Å². The lowest BCUT2D eigenvalue weighted by Gasteiger charge is -2.26. The minimum atomic E-state index is -0.422. The number of amides is 3. The molecule has 37 heavy (non-hydrogen) atoms. The van der Waals surface area contributed by atoms with Gasteiger partial charge in [-0.15, -0.1) is 0 Å². The maximum absolute atomic E-state index is 13.5. The number of benzene rings is 3. The fourth-order valence-corrected chi connectivity index (χ4v) is 5.22. The number of nitrogens with one attached hydrogen (secondary N) is 1. The molecule has 2 aliphatic heterocycles. The van der Waals surface area contributed by atoms with Crippen molar-refractivity contribution in [2.75, 3.05) is 18.6 Å². The molecule has 1 fully saturated rings. The lowest BCUT2D eigenvalue weighted by atomic mass is 10.0. The summed E-state index contributed by atoms with van der Waals surface area (Å²) in [5.74, 6) is 0.486.